The van der Waals surface area contributed by atoms with E-state index in [1.165, 1.54) is 0 Å². The number of fused-ring (bicyclic) bond motifs is 1. The lowest BCUT2D eigenvalue weighted by Crippen LogP contribution is -2.32. The van der Waals surface area contributed by atoms with Gasteiger partial charge in [-0.3, -0.25) is 0 Å². The first-order valence-corrected chi connectivity index (χ1v) is 5.31. The highest BCUT2D eigenvalue weighted by atomic mass is 16.8. The minimum absolute atomic E-state index is 0.0792. The predicted octanol–water partition coefficient (Wildman–Crippen LogP) is 0.260. The molecule has 15 heavy (non-hydrogen) atoms. The Hall–Kier alpha value is -0.200. The minimum atomic E-state index is -0.623. The van der Waals surface area contributed by atoms with Gasteiger partial charge in [0.2, 0.25) is 0 Å². The van der Waals surface area contributed by atoms with Gasteiger partial charge in [0, 0.05) is 6.61 Å². The van der Waals surface area contributed by atoms with E-state index in [9.17, 15) is 0 Å². The molecule has 1 N–H and O–H groups in total. The summed E-state index contributed by atoms with van der Waals surface area (Å²) < 4.78 is 22.2. The number of aliphatic hydroxyl groups is 1. The number of ether oxygens (including phenoxy) is 4. The molecule has 0 amide bonds. The van der Waals surface area contributed by atoms with Crippen LogP contribution in [0.4, 0.5) is 0 Å². The molecule has 2 heterocycles. The lowest BCUT2D eigenvalue weighted by atomic mass is 10.1. The Morgan fingerprint density at radius 3 is 2.53 bits per heavy atom. The number of hydrogen-bond acceptors (Lipinski definition) is 5. The predicted molar refractivity (Wildman–Crippen MR) is 51.2 cm³/mol. The van der Waals surface area contributed by atoms with Gasteiger partial charge in [0.1, 0.15) is 18.3 Å². The van der Waals surface area contributed by atoms with Gasteiger partial charge in [-0.2, -0.15) is 0 Å². The molecule has 2 fully saturated rings. The second-order valence-corrected chi connectivity index (χ2v) is 4.25. The highest BCUT2D eigenvalue weighted by molar-refractivity contribution is 4.94. The van der Waals surface area contributed by atoms with Gasteiger partial charge in [-0.1, -0.05) is 0 Å². The average molecular weight is 218 g/mol. The first-order valence-electron chi connectivity index (χ1n) is 5.31. The van der Waals surface area contributed by atoms with E-state index in [1.54, 1.807) is 0 Å². The molecule has 88 valence electrons. The summed E-state index contributed by atoms with van der Waals surface area (Å²) in [6.45, 7) is 6.07. The number of rotatable bonds is 3. The van der Waals surface area contributed by atoms with E-state index in [0.717, 1.165) is 0 Å². The van der Waals surface area contributed by atoms with E-state index in [4.69, 9.17) is 24.1 Å². The molecule has 0 bridgehead atoms. The van der Waals surface area contributed by atoms with E-state index in [-0.39, 0.29) is 24.9 Å². The third kappa shape index (κ3) is 2.03. The van der Waals surface area contributed by atoms with Crippen LogP contribution in [0.5, 0.6) is 0 Å². The second kappa shape index (κ2) is 3.99. The van der Waals surface area contributed by atoms with Crippen LogP contribution in [0.1, 0.15) is 20.8 Å². The van der Waals surface area contributed by atoms with Gasteiger partial charge >= 0.3 is 0 Å². The van der Waals surface area contributed by atoms with Crippen LogP contribution < -0.4 is 0 Å². The van der Waals surface area contributed by atoms with Crippen molar-refractivity contribution >= 4 is 0 Å². The summed E-state index contributed by atoms with van der Waals surface area (Å²) in [6, 6.07) is 0. The molecule has 0 radical (unpaired) electrons. The molecule has 0 spiro atoms. The zero-order valence-corrected chi connectivity index (χ0v) is 9.30. The molecule has 2 rings (SSSR count). The molecular weight excluding hydrogens is 200 g/mol. The van der Waals surface area contributed by atoms with E-state index < -0.39 is 12.1 Å². The molecule has 5 heteroatoms. The van der Waals surface area contributed by atoms with Gasteiger partial charge < -0.3 is 24.1 Å². The zero-order valence-electron chi connectivity index (χ0n) is 9.30. The summed E-state index contributed by atoms with van der Waals surface area (Å²) in [5.41, 5.74) is 0. The van der Waals surface area contributed by atoms with Gasteiger partial charge in [0.15, 0.2) is 12.1 Å². The van der Waals surface area contributed by atoms with Crippen molar-refractivity contribution in [3.8, 4) is 0 Å². The molecule has 2 aliphatic rings. The molecule has 2 saturated heterocycles. The maximum absolute atomic E-state index is 9.15. The summed E-state index contributed by atoms with van der Waals surface area (Å²) in [5, 5.41) is 9.15. The van der Waals surface area contributed by atoms with Gasteiger partial charge in [-0.25, -0.2) is 0 Å². The van der Waals surface area contributed by atoms with Gasteiger partial charge in [0.05, 0.1) is 6.61 Å². The normalized spacial score (nSPS) is 43.2. The maximum Gasteiger partial charge on any atom is 0.187 e. The van der Waals surface area contributed by atoms with Crippen LogP contribution in [-0.2, 0) is 18.9 Å². The summed E-state index contributed by atoms with van der Waals surface area (Å²) in [6.07, 6.45) is -1.26. The van der Waals surface area contributed by atoms with Crippen molar-refractivity contribution in [2.75, 3.05) is 13.2 Å². The third-order valence-corrected chi connectivity index (χ3v) is 2.62. The number of hydrogen-bond donors (Lipinski definition) is 1. The summed E-state index contributed by atoms with van der Waals surface area (Å²) in [5.74, 6) is -0.623. The van der Waals surface area contributed by atoms with Crippen LogP contribution in [-0.4, -0.2) is 48.7 Å². The topological polar surface area (TPSA) is 57.2 Å². The lowest BCUT2D eigenvalue weighted by Gasteiger charge is -2.23. The molecule has 0 aromatic rings. The van der Waals surface area contributed by atoms with E-state index >= 15 is 0 Å². The van der Waals surface area contributed by atoms with Gasteiger partial charge in [-0.05, 0) is 20.8 Å². The molecule has 0 aromatic carbocycles. The molecule has 0 aromatic heterocycles. The Bertz CT molecular complexity index is 230. The Morgan fingerprint density at radius 1 is 1.27 bits per heavy atom. The quantitative estimate of drug-likeness (QED) is 0.736. The Balaban J connectivity index is 2.08. The maximum atomic E-state index is 9.15. The van der Waals surface area contributed by atoms with Crippen LogP contribution in [0.3, 0.4) is 0 Å². The molecular formula is C10H18O5. The van der Waals surface area contributed by atoms with Crippen molar-refractivity contribution in [1.82, 2.24) is 0 Å². The van der Waals surface area contributed by atoms with Crippen LogP contribution in [0.15, 0.2) is 0 Å². The fourth-order valence-electron chi connectivity index (χ4n) is 2.09. The highest BCUT2D eigenvalue weighted by Crippen LogP contribution is 2.38. The Morgan fingerprint density at radius 2 is 1.93 bits per heavy atom. The van der Waals surface area contributed by atoms with Crippen LogP contribution in [0, 0.1) is 0 Å². The van der Waals surface area contributed by atoms with E-state index in [0.29, 0.717) is 6.61 Å². The lowest BCUT2D eigenvalue weighted by molar-refractivity contribution is -0.235. The van der Waals surface area contributed by atoms with Crippen molar-refractivity contribution in [1.29, 1.82) is 0 Å². The molecule has 1 unspecified atom stereocenters. The monoisotopic (exact) mass is 218 g/mol. The smallest absolute Gasteiger partial charge is 0.187 e. The SMILES string of the molecule is CCOC1O[C@H](CO)[C@H]2OC(C)(C)O[C@@H]12. The molecule has 4 atom stereocenters. The largest absolute Gasteiger partial charge is 0.394 e. The molecule has 0 aliphatic carbocycles. The summed E-state index contributed by atoms with van der Waals surface area (Å²) in [7, 11) is 0. The van der Waals surface area contributed by atoms with Crippen molar-refractivity contribution in [2.45, 2.75) is 51.2 Å². The summed E-state index contributed by atoms with van der Waals surface area (Å²) in [4.78, 5) is 0. The standard InChI is InChI=1S/C10H18O5/c1-4-12-9-8-7(6(5-11)13-9)14-10(2,3)15-8/h6-9,11H,4-5H2,1-3H3/t6-,7-,8-,9?/m1/s1. The zero-order chi connectivity index (χ0) is 11.1. The summed E-state index contributed by atoms with van der Waals surface area (Å²) >= 11 is 0. The van der Waals surface area contributed by atoms with Gasteiger partial charge in [-0.15, -0.1) is 0 Å². The Kier molecular flexibility index (Phi) is 3.00. The Labute approximate surface area is 89.3 Å². The fraction of sp³-hybridized carbons (Fsp3) is 1.00. The van der Waals surface area contributed by atoms with Crippen molar-refractivity contribution in [2.24, 2.45) is 0 Å². The van der Waals surface area contributed by atoms with Crippen molar-refractivity contribution < 1.29 is 24.1 Å². The van der Waals surface area contributed by atoms with Gasteiger partial charge in [0.25, 0.3) is 0 Å². The van der Waals surface area contributed by atoms with E-state index in [1.807, 2.05) is 20.8 Å². The van der Waals surface area contributed by atoms with Crippen LogP contribution in [0.2, 0.25) is 0 Å². The van der Waals surface area contributed by atoms with Crippen molar-refractivity contribution in [3.05, 3.63) is 0 Å². The molecule has 5 nitrogen and oxygen atoms in total. The second-order valence-electron chi connectivity index (χ2n) is 4.25. The first kappa shape index (κ1) is 11.3. The van der Waals surface area contributed by atoms with E-state index in [2.05, 4.69) is 0 Å². The molecule has 2 aliphatic heterocycles. The minimum Gasteiger partial charge on any atom is -0.394 e. The first-order chi connectivity index (χ1) is 7.07. The highest BCUT2D eigenvalue weighted by Gasteiger charge is 2.55. The van der Waals surface area contributed by atoms with Crippen molar-refractivity contribution in [3.63, 3.8) is 0 Å². The fourth-order valence-corrected chi connectivity index (χ4v) is 2.09. The average Bonchev–Trinajstić information content (AvgIpc) is 2.61. The third-order valence-electron chi connectivity index (χ3n) is 2.62. The molecule has 0 saturated carbocycles. The van der Waals surface area contributed by atoms with Crippen LogP contribution >= 0.6 is 0 Å². The number of aliphatic hydroxyl groups excluding tert-OH is 1. The van der Waals surface area contributed by atoms with Crippen LogP contribution in [0.25, 0.3) is 0 Å².